The van der Waals surface area contributed by atoms with Crippen molar-refractivity contribution >= 4 is 34.9 Å². The zero-order valence-electron chi connectivity index (χ0n) is 16.6. The molecule has 6 heteroatoms. The van der Waals surface area contributed by atoms with Gasteiger partial charge in [-0.1, -0.05) is 36.4 Å². The molecular weight excluding hydrogens is 396 g/mol. The molecule has 0 unspecified atom stereocenters. The molecule has 2 N–H and O–H groups in total. The molecule has 30 heavy (non-hydrogen) atoms. The lowest BCUT2D eigenvalue weighted by molar-refractivity contribution is -0.113. The minimum Gasteiger partial charge on any atom is -0.490 e. The SMILES string of the molecule is C=CCOc1ccc(NC(=O)/C(=C/c2cccs2)NC(=O)c2ccc(C)cc2)cc1. The molecule has 0 spiro atoms. The third-order valence-electron chi connectivity index (χ3n) is 4.12. The number of rotatable bonds is 8. The Morgan fingerprint density at radius 1 is 1.07 bits per heavy atom. The van der Waals surface area contributed by atoms with Gasteiger partial charge in [0, 0.05) is 16.1 Å². The lowest BCUT2D eigenvalue weighted by Gasteiger charge is -2.12. The summed E-state index contributed by atoms with van der Waals surface area (Å²) in [4.78, 5) is 26.4. The standard InChI is InChI=1S/C24H22N2O3S/c1-3-14-29-20-12-10-19(11-13-20)25-24(28)22(16-21-5-4-15-30-21)26-23(27)18-8-6-17(2)7-9-18/h3-13,15-16H,1,14H2,2H3,(H,25,28)(H,26,27)/b22-16-. The minimum absolute atomic E-state index is 0.162. The molecular formula is C24H22N2O3S. The first-order valence-corrected chi connectivity index (χ1v) is 10.2. The van der Waals surface area contributed by atoms with Crippen LogP contribution < -0.4 is 15.4 Å². The second-order valence-electron chi connectivity index (χ2n) is 6.47. The third kappa shape index (κ3) is 5.93. The van der Waals surface area contributed by atoms with Crippen LogP contribution in [-0.4, -0.2) is 18.4 Å². The van der Waals surface area contributed by atoms with Crippen molar-refractivity contribution in [3.05, 3.63) is 100 Å². The highest BCUT2D eigenvalue weighted by Gasteiger charge is 2.15. The number of hydrogen-bond acceptors (Lipinski definition) is 4. The third-order valence-corrected chi connectivity index (χ3v) is 4.94. The average Bonchev–Trinajstić information content (AvgIpc) is 3.26. The normalized spacial score (nSPS) is 10.9. The van der Waals surface area contributed by atoms with E-state index in [9.17, 15) is 9.59 Å². The zero-order valence-corrected chi connectivity index (χ0v) is 17.4. The largest absolute Gasteiger partial charge is 0.490 e. The summed E-state index contributed by atoms with van der Waals surface area (Å²) < 4.78 is 5.44. The molecule has 0 radical (unpaired) electrons. The van der Waals surface area contributed by atoms with Gasteiger partial charge in [0.1, 0.15) is 18.1 Å². The molecule has 1 aromatic heterocycles. The van der Waals surface area contributed by atoms with Crippen molar-refractivity contribution in [3.8, 4) is 5.75 Å². The Hall–Kier alpha value is -3.64. The monoisotopic (exact) mass is 418 g/mol. The van der Waals surface area contributed by atoms with Gasteiger partial charge in [0.25, 0.3) is 11.8 Å². The molecule has 0 atom stereocenters. The Labute approximate surface area is 179 Å². The Morgan fingerprint density at radius 3 is 2.43 bits per heavy atom. The van der Waals surface area contributed by atoms with Crippen LogP contribution in [0.1, 0.15) is 20.8 Å². The second kappa shape index (κ2) is 10.2. The van der Waals surface area contributed by atoms with Gasteiger partial charge in [-0.25, -0.2) is 0 Å². The first-order chi connectivity index (χ1) is 14.5. The van der Waals surface area contributed by atoms with E-state index in [2.05, 4.69) is 17.2 Å². The van der Waals surface area contributed by atoms with E-state index in [0.717, 1.165) is 10.4 Å². The van der Waals surface area contributed by atoms with Gasteiger partial charge < -0.3 is 15.4 Å². The van der Waals surface area contributed by atoms with Crippen molar-refractivity contribution in [2.24, 2.45) is 0 Å². The molecule has 0 aliphatic heterocycles. The number of aryl methyl sites for hydroxylation is 1. The number of nitrogens with one attached hydrogen (secondary N) is 2. The fourth-order valence-electron chi connectivity index (χ4n) is 2.56. The molecule has 3 aromatic rings. The Kier molecular flexibility index (Phi) is 7.19. The van der Waals surface area contributed by atoms with Crippen LogP contribution in [0.2, 0.25) is 0 Å². The molecule has 0 aliphatic rings. The van der Waals surface area contributed by atoms with Gasteiger partial charge in [-0.05, 0) is 60.8 Å². The van der Waals surface area contributed by atoms with Crippen LogP contribution in [0.15, 0.2) is 84.4 Å². The first kappa shape index (κ1) is 21.1. The number of ether oxygens (including phenoxy) is 1. The zero-order chi connectivity index (χ0) is 21.3. The Bertz CT molecular complexity index is 1040. The fraction of sp³-hybridized carbons (Fsp3) is 0.0833. The van der Waals surface area contributed by atoms with E-state index in [4.69, 9.17) is 4.74 Å². The second-order valence-corrected chi connectivity index (χ2v) is 7.45. The van der Waals surface area contributed by atoms with E-state index in [1.165, 1.54) is 11.3 Å². The summed E-state index contributed by atoms with van der Waals surface area (Å²) in [6, 6.07) is 17.9. The molecule has 0 fully saturated rings. The van der Waals surface area contributed by atoms with E-state index in [1.54, 1.807) is 48.6 Å². The van der Waals surface area contributed by atoms with Gasteiger partial charge in [0.15, 0.2) is 0 Å². The number of anilines is 1. The van der Waals surface area contributed by atoms with Crippen LogP contribution in [0.3, 0.4) is 0 Å². The van der Waals surface area contributed by atoms with Gasteiger partial charge in [-0.15, -0.1) is 11.3 Å². The number of benzene rings is 2. The summed E-state index contributed by atoms with van der Waals surface area (Å²) in [5, 5.41) is 7.45. The van der Waals surface area contributed by atoms with Crippen molar-refractivity contribution in [1.29, 1.82) is 0 Å². The molecule has 1 heterocycles. The maximum Gasteiger partial charge on any atom is 0.272 e. The Balaban J connectivity index is 1.76. The molecule has 2 amide bonds. The fourth-order valence-corrected chi connectivity index (χ4v) is 3.22. The van der Waals surface area contributed by atoms with Gasteiger partial charge >= 0.3 is 0 Å². The van der Waals surface area contributed by atoms with E-state index in [1.807, 2.05) is 36.6 Å². The van der Waals surface area contributed by atoms with Crippen LogP contribution >= 0.6 is 11.3 Å². The summed E-state index contributed by atoms with van der Waals surface area (Å²) >= 11 is 1.48. The number of carbonyl (C=O) groups is 2. The molecule has 3 rings (SSSR count). The topological polar surface area (TPSA) is 67.4 Å². The molecule has 0 saturated carbocycles. The van der Waals surface area contributed by atoms with Crippen molar-refractivity contribution in [2.75, 3.05) is 11.9 Å². The highest BCUT2D eigenvalue weighted by Crippen LogP contribution is 2.18. The molecule has 5 nitrogen and oxygen atoms in total. The van der Waals surface area contributed by atoms with Crippen LogP contribution in [0, 0.1) is 6.92 Å². The summed E-state index contributed by atoms with van der Waals surface area (Å²) in [7, 11) is 0. The van der Waals surface area contributed by atoms with Crippen molar-refractivity contribution in [2.45, 2.75) is 6.92 Å². The summed E-state index contributed by atoms with van der Waals surface area (Å²) in [5.74, 6) is -0.0836. The highest BCUT2D eigenvalue weighted by atomic mass is 32.1. The van der Waals surface area contributed by atoms with Crippen LogP contribution in [0.5, 0.6) is 5.75 Å². The van der Waals surface area contributed by atoms with Gasteiger partial charge in [-0.3, -0.25) is 9.59 Å². The summed E-state index contributed by atoms with van der Waals surface area (Å²) in [5.41, 5.74) is 2.29. The molecule has 152 valence electrons. The summed E-state index contributed by atoms with van der Waals surface area (Å²) in [6.07, 6.45) is 3.32. The van der Waals surface area contributed by atoms with E-state index < -0.39 is 5.91 Å². The Morgan fingerprint density at radius 2 is 1.80 bits per heavy atom. The lowest BCUT2D eigenvalue weighted by atomic mass is 10.1. The summed E-state index contributed by atoms with van der Waals surface area (Å²) in [6.45, 7) is 5.97. The molecule has 0 aliphatic carbocycles. The average molecular weight is 419 g/mol. The van der Waals surface area contributed by atoms with Crippen molar-refractivity contribution in [1.82, 2.24) is 5.32 Å². The van der Waals surface area contributed by atoms with Gasteiger partial charge in [0.05, 0.1) is 0 Å². The van der Waals surface area contributed by atoms with Gasteiger partial charge in [-0.2, -0.15) is 0 Å². The molecule has 0 saturated heterocycles. The first-order valence-electron chi connectivity index (χ1n) is 9.33. The number of carbonyl (C=O) groups excluding carboxylic acids is 2. The van der Waals surface area contributed by atoms with Crippen LogP contribution in [0.25, 0.3) is 6.08 Å². The van der Waals surface area contributed by atoms with E-state index >= 15 is 0 Å². The van der Waals surface area contributed by atoms with Crippen LogP contribution in [0.4, 0.5) is 5.69 Å². The van der Waals surface area contributed by atoms with Crippen molar-refractivity contribution < 1.29 is 14.3 Å². The number of thiophene rings is 1. The van der Waals surface area contributed by atoms with E-state index in [-0.39, 0.29) is 11.6 Å². The maximum absolute atomic E-state index is 12.9. The highest BCUT2D eigenvalue weighted by molar-refractivity contribution is 7.10. The van der Waals surface area contributed by atoms with E-state index in [0.29, 0.717) is 23.6 Å². The predicted molar refractivity (Wildman–Crippen MR) is 122 cm³/mol. The van der Waals surface area contributed by atoms with Crippen LogP contribution in [-0.2, 0) is 4.79 Å². The predicted octanol–water partition coefficient (Wildman–Crippen LogP) is 5.03. The maximum atomic E-state index is 12.9. The lowest BCUT2D eigenvalue weighted by Crippen LogP contribution is -2.30. The quantitative estimate of drug-likeness (QED) is 0.398. The van der Waals surface area contributed by atoms with Crippen molar-refractivity contribution in [3.63, 3.8) is 0 Å². The molecule has 0 bridgehead atoms. The minimum atomic E-state index is -0.413. The van der Waals surface area contributed by atoms with Gasteiger partial charge in [0.2, 0.25) is 0 Å². The number of amides is 2. The molecule has 2 aromatic carbocycles. The smallest absolute Gasteiger partial charge is 0.272 e. The number of hydrogen-bond donors (Lipinski definition) is 2.